The van der Waals surface area contributed by atoms with Gasteiger partial charge < -0.3 is 10.1 Å². The van der Waals surface area contributed by atoms with Crippen LogP contribution in [0.1, 0.15) is 61.0 Å². The zero-order valence-corrected chi connectivity index (χ0v) is 17.1. The summed E-state index contributed by atoms with van der Waals surface area (Å²) in [6.07, 6.45) is 4.36. The molecule has 3 heteroatoms. The molecule has 0 saturated carbocycles. The second-order valence-corrected chi connectivity index (χ2v) is 8.68. The predicted octanol–water partition coefficient (Wildman–Crippen LogP) is 5.57. The Kier molecular flexibility index (Phi) is 7.28. The van der Waals surface area contributed by atoms with Crippen molar-refractivity contribution in [1.29, 1.82) is 0 Å². The van der Waals surface area contributed by atoms with Gasteiger partial charge in [0.1, 0.15) is 0 Å². The molecule has 140 valence electrons. The maximum Gasteiger partial charge on any atom is 0.308 e. The van der Waals surface area contributed by atoms with Gasteiger partial charge in [0.05, 0.1) is 12.5 Å². The average Bonchev–Trinajstić information content (AvgIpc) is 2.51. The summed E-state index contributed by atoms with van der Waals surface area (Å²) in [5.74, 6) is -0.233. The predicted molar refractivity (Wildman–Crippen MR) is 107 cm³/mol. The monoisotopic (exact) mass is 345 g/mol. The van der Waals surface area contributed by atoms with Crippen molar-refractivity contribution in [3.05, 3.63) is 42.0 Å². The molecule has 0 aliphatic heterocycles. The molecule has 0 bridgehead atoms. The third-order valence-electron chi connectivity index (χ3n) is 4.09. The number of hydrogen-bond acceptors (Lipinski definition) is 3. The zero-order valence-electron chi connectivity index (χ0n) is 17.1. The van der Waals surface area contributed by atoms with E-state index in [1.54, 1.807) is 0 Å². The molecule has 0 aliphatic rings. The van der Waals surface area contributed by atoms with Gasteiger partial charge in [-0.3, -0.25) is 4.79 Å². The number of hydrogen-bond donors (Lipinski definition) is 1. The minimum absolute atomic E-state index is 0.0876. The van der Waals surface area contributed by atoms with Crippen LogP contribution in [-0.4, -0.2) is 18.6 Å². The van der Waals surface area contributed by atoms with Crippen molar-refractivity contribution >= 4 is 11.7 Å². The maximum absolute atomic E-state index is 11.7. The molecule has 1 aromatic rings. The maximum atomic E-state index is 11.7. The van der Waals surface area contributed by atoms with E-state index < -0.39 is 0 Å². The third kappa shape index (κ3) is 7.33. The molecule has 25 heavy (non-hydrogen) atoms. The van der Waals surface area contributed by atoms with E-state index in [-0.39, 0.29) is 22.7 Å². The summed E-state index contributed by atoms with van der Waals surface area (Å²) in [5.41, 5.74) is 2.11. The molecule has 0 heterocycles. The van der Waals surface area contributed by atoms with E-state index in [9.17, 15) is 4.79 Å². The number of anilines is 1. The van der Waals surface area contributed by atoms with Crippen molar-refractivity contribution in [3.63, 3.8) is 0 Å². The molecular formula is C22H35NO2. The fourth-order valence-corrected chi connectivity index (χ4v) is 2.33. The van der Waals surface area contributed by atoms with Gasteiger partial charge in [0.15, 0.2) is 0 Å². The Morgan fingerprint density at radius 2 is 1.60 bits per heavy atom. The van der Waals surface area contributed by atoms with Crippen LogP contribution in [0.25, 0.3) is 0 Å². The number of allylic oxidation sites excluding steroid dienone is 1. The fourth-order valence-electron chi connectivity index (χ4n) is 2.33. The SMILES string of the molecule is CC(C)Nc1ccc(C(C)(C)C=CC(C)(C)COC(=O)C(C)C)cc1. The van der Waals surface area contributed by atoms with Gasteiger partial charge in [0.2, 0.25) is 0 Å². The Balaban J connectivity index is 2.77. The molecule has 1 rings (SSSR count). The number of carbonyl (C=O) groups is 1. The lowest BCUT2D eigenvalue weighted by Crippen LogP contribution is -2.23. The number of benzene rings is 1. The van der Waals surface area contributed by atoms with E-state index in [1.165, 1.54) is 5.56 Å². The Morgan fingerprint density at radius 3 is 2.08 bits per heavy atom. The van der Waals surface area contributed by atoms with E-state index in [1.807, 2.05) is 13.8 Å². The summed E-state index contributed by atoms with van der Waals surface area (Å²) >= 11 is 0. The Hall–Kier alpha value is -1.77. The molecule has 0 aromatic heterocycles. The highest BCUT2D eigenvalue weighted by molar-refractivity contribution is 5.71. The van der Waals surface area contributed by atoms with Crippen LogP contribution in [0.2, 0.25) is 0 Å². The Labute approximate surface area is 153 Å². The van der Waals surface area contributed by atoms with Crippen LogP contribution >= 0.6 is 0 Å². The molecule has 0 radical (unpaired) electrons. The van der Waals surface area contributed by atoms with Gasteiger partial charge in [0.25, 0.3) is 0 Å². The summed E-state index contributed by atoms with van der Waals surface area (Å²) < 4.78 is 5.39. The van der Waals surface area contributed by atoms with Crippen LogP contribution in [0, 0.1) is 11.3 Å². The normalized spacial score (nSPS) is 12.9. The second-order valence-electron chi connectivity index (χ2n) is 8.68. The quantitative estimate of drug-likeness (QED) is 0.495. The van der Waals surface area contributed by atoms with Crippen LogP contribution in [0.3, 0.4) is 0 Å². The number of carbonyl (C=O) groups excluding carboxylic acids is 1. The van der Waals surface area contributed by atoms with Gasteiger partial charge in [-0.05, 0) is 31.5 Å². The smallest absolute Gasteiger partial charge is 0.308 e. The number of nitrogens with one attached hydrogen (secondary N) is 1. The van der Waals surface area contributed by atoms with Crippen molar-refractivity contribution in [2.75, 3.05) is 11.9 Å². The van der Waals surface area contributed by atoms with E-state index >= 15 is 0 Å². The van der Waals surface area contributed by atoms with Crippen LogP contribution in [-0.2, 0) is 14.9 Å². The molecule has 0 unspecified atom stereocenters. The third-order valence-corrected chi connectivity index (χ3v) is 4.09. The first-order valence-electron chi connectivity index (χ1n) is 9.17. The lowest BCUT2D eigenvalue weighted by atomic mass is 9.81. The zero-order chi connectivity index (χ0) is 19.3. The summed E-state index contributed by atoms with van der Waals surface area (Å²) in [6.45, 7) is 16.9. The van der Waals surface area contributed by atoms with Crippen LogP contribution < -0.4 is 5.32 Å². The van der Waals surface area contributed by atoms with Gasteiger partial charge in [-0.1, -0.05) is 65.8 Å². The molecule has 0 spiro atoms. The van der Waals surface area contributed by atoms with Crippen molar-refractivity contribution in [2.45, 2.75) is 66.8 Å². The lowest BCUT2D eigenvalue weighted by Gasteiger charge is -2.26. The van der Waals surface area contributed by atoms with Crippen molar-refractivity contribution in [1.82, 2.24) is 0 Å². The summed E-state index contributed by atoms with van der Waals surface area (Å²) in [7, 11) is 0. The molecule has 1 N–H and O–H groups in total. The average molecular weight is 346 g/mol. The summed E-state index contributed by atoms with van der Waals surface area (Å²) in [4.78, 5) is 11.7. The highest BCUT2D eigenvalue weighted by Gasteiger charge is 2.22. The molecule has 0 atom stereocenters. The van der Waals surface area contributed by atoms with E-state index in [0.29, 0.717) is 12.6 Å². The van der Waals surface area contributed by atoms with Crippen LogP contribution in [0.4, 0.5) is 5.69 Å². The van der Waals surface area contributed by atoms with Crippen LogP contribution in [0.15, 0.2) is 36.4 Å². The number of rotatable bonds is 8. The second kappa shape index (κ2) is 8.55. The van der Waals surface area contributed by atoms with Crippen LogP contribution in [0.5, 0.6) is 0 Å². The minimum atomic E-state index is -0.193. The highest BCUT2D eigenvalue weighted by Crippen LogP contribution is 2.29. The van der Waals surface area contributed by atoms with Crippen molar-refractivity contribution in [2.24, 2.45) is 11.3 Å². The van der Waals surface area contributed by atoms with Gasteiger partial charge in [-0.25, -0.2) is 0 Å². The highest BCUT2D eigenvalue weighted by atomic mass is 16.5. The first-order chi connectivity index (χ1) is 11.4. The molecule has 1 aromatic carbocycles. The van der Waals surface area contributed by atoms with Gasteiger partial charge in [0, 0.05) is 22.6 Å². The molecule has 0 fully saturated rings. The number of ether oxygens (including phenoxy) is 1. The molecular weight excluding hydrogens is 310 g/mol. The van der Waals surface area contributed by atoms with E-state index in [2.05, 4.69) is 83.3 Å². The van der Waals surface area contributed by atoms with Gasteiger partial charge in [-0.15, -0.1) is 0 Å². The van der Waals surface area contributed by atoms with Gasteiger partial charge >= 0.3 is 5.97 Å². The topological polar surface area (TPSA) is 38.3 Å². The fraction of sp³-hybridized carbons (Fsp3) is 0.591. The first-order valence-corrected chi connectivity index (χ1v) is 9.17. The first kappa shape index (κ1) is 21.3. The summed E-state index contributed by atoms with van der Waals surface area (Å²) in [5, 5.41) is 3.41. The van der Waals surface area contributed by atoms with Crippen molar-refractivity contribution in [3.8, 4) is 0 Å². The molecule has 0 aliphatic carbocycles. The molecule has 3 nitrogen and oxygen atoms in total. The summed E-state index contributed by atoms with van der Waals surface area (Å²) in [6, 6.07) is 9.01. The van der Waals surface area contributed by atoms with E-state index in [4.69, 9.17) is 4.74 Å². The minimum Gasteiger partial charge on any atom is -0.465 e. The Morgan fingerprint density at radius 1 is 1.04 bits per heavy atom. The molecule has 0 saturated heterocycles. The Bertz CT molecular complexity index is 581. The van der Waals surface area contributed by atoms with E-state index in [0.717, 1.165) is 5.69 Å². The lowest BCUT2D eigenvalue weighted by molar-refractivity contribution is -0.149. The number of esters is 1. The van der Waals surface area contributed by atoms with Gasteiger partial charge in [-0.2, -0.15) is 0 Å². The largest absolute Gasteiger partial charge is 0.465 e. The van der Waals surface area contributed by atoms with Crippen molar-refractivity contribution < 1.29 is 9.53 Å². The standard InChI is InChI=1S/C22H35NO2/c1-16(2)20(24)25-15-21(5,6)13-14-22(7,8)18-9-11-19(12-10-18)23-17(3)4/h9-14,16-17,23H,15H2,1-8H3. The molecule has 0 amide bonds.